The lowest BCUT2D eigenvalue weighted by Gasteiger charge is -2.19. The fraction of sp³-hybridized carbons (Fsp3) is 0.533. The third-order valence-electron chi connectivity index (χ3n) is 4.18. The van der Waals surface area contributed by atoms with E-state index in [0.29, 0.717) is 18.5 Å². The van der Waals surface area contributed by atoms with Crippen LogP contribution in [0, 0.1) is 0 Å². The van der Waals surface area contributed by atoms with Crippen LogP contribution in [-0.4, -0.2) is 33.4 Å². The van der Waals surface area contributed by atoms with Crippen LogP contribution < -0.4 is 5.73 Å². The van der Waals surface area contributed by atoms with Crippen molar-refractivity contribution in [2.45, 2.75) is 38.8 Å². The molecule has 0 spiro atoms. The summed E-state index contributed by atoms with van der Waals surface area (Å²) in [5.74, 6) is 1.75. The van der Waals surface area contributed by atoms with E-state index < -0.39 is 0 Å². The first-order valence-corrected chi connectivity index (χ1v) is 7.09. The number of hydrogen-bond acceptors (Lipinski definition) is 3. The molecule has 2 aromatic heterocycles. The highest BCUT2D eigenvalue weighted by atomic mass is 15.2. The number of nitrogens with zero attached hydrogens (tertiary/aromatic N) is 3. The van der Waals surface area contributed by atoms with Gasteiger partial charge in [0.05, 0.1) is 11.7 Å². The van der Waals surface area contributed by atoms with Gasteiger partial charge in [0.2, 0.25) is 0 Å². The topological polar surface area (TPSA) is 46.6 Å². The Morgan fingerprint density at radius 3 is 3.00 bits per heavy atom. The molecule has 19 heavy (non-hydrogen) atoms. The normalized spacial score (nSPS) is 20.7. The average molecular weight is 258 g/mol. The first-order valence-electron chi connectivity index (χ1n) is 7.09. The van der Waals surface area contributed by atoms with Crippen molar-refractivity contribution >= 4 is 5.52 Å². The Balaban J connectivity index is 1.90. The lowest BCUT2D eigenvalue weighted by atomic mass is 10.1. The van der Waals surface area contributed by atoms with E-state index in [4.69, 9.17) is 5.73 Å². The molecule has 0 aromatic carbocycles. The minimum Gasteiger partial charge on any atom is -0.326 e. The summed E-state index contributed by atoms with van der Waals surface area (Å²) >= 11 is 0. The maximum atomic E-state index is 5.68. The van der Waals surface area contributed by atoms with E-state index in [1.165, 1.54) is 18.8 Å². The molecule has 2 aromatic rings. The molecule has 102 valence electrons. The number of aromatic nitrogens is 2. The lowest BCUT2D eigenvalue weighted by Crippen LogP contribution is -2.28. The van der Waals surface area contributed by atoms with Gasteiger partial charge in [0.15, 0.2) is 0 Å². The first kappa shape index (κ1) is 12.6. The second-order valence-electron chi connectivity index (χ2n) is 5.72. The van der Waals surface area contributed by atoms with Crippen LogP contribution in [0.25, 0.3) is 5.52 Å². The Kier molecular flexibility index (Phi) is 3.29. The highest BCUT2D eigenvalue weighted by Crippen LogP contribution is 2.28. The van der Waals surface area contributed by atoms with Crippen LogP contribution >= 0.6 is 0 Å². The fourth-order valence-corrected chi connectivity index (χ4v) is 2.96. The van der Waals surface area contributed by atoms with Gasteiger partial charge >= 0.3 is 0 Å². The third-order valence-corrected chi connectivity index (χ3v) is 4.18. The zero-order chi connectivity index (χ0) is 13.4. The van der Waals surface area contributed by atoms with Crippen molar-refractivity contribution < 1.29 is 0 Å². The predicted octanol–water partition coefficient (Wildman–Crippen LogP) is 1.99. The van der Waals surface area contributed by atoms with Crippen LogP contribution in [-0.2, 0) is 6.54 Å². The number of rotatable bonds is 3. The molecular formula is C15H22N4. The van der Waals surface area contributed by atoms with Gasteiger partial charge < -0.3 is 15.0 Å². The maximum absolute atomic E-state index is 5.68. The van der Waals surface area contributed by atoms with Gasteiger partial charge in [0, 0.05) is 31.2 Å². The summed E-state index contributed by atoms with van der Waals surface area (Å²) in [6.45, 7) is 7.41. The predicted molar refractivity (Wildman–Crippen MR) is 77.2 cm³/mol. The highest BCUT2D eigenvalue weighted by Gasteiger charge is 2.28. The molecule has 0 amide bonds. The van der Waals surface area contributed by atoms with E-state index in [1.807, 2.05) is 6.20 Å². The summed E-state index contributed by atoms with van der Waals surface area (Å²) in [4.78, 5) is 7.17. The van der Waals surface area contributed by atoms with Gasteiger partial charge in [-0.1, -0.05) is 0 Å². The van der Waals surface area contributed by atoms with Crippen molar-refractivity contribution in [3.8, 4) is 0 Å². The van der Waals surface area contributed by atoms with Crippen LogP contribution in [0.1, 0.15) is 37.6 Å². The van der Waals surface area contributed by atoms with E-state index >= 15 is 0 Å². The molecule has 1 aliphatic heterocycles. The molecule has 1 aliphatic rings. The fourth-order valence-electron chi connectivity index (χ4n) is 2.96. The van der Waals surface area contributed by atoms with E-state index in [1.54, 1.807) is 0 Å². The Labute approximate surface area is 114 Å². The molecule has 0 bridgehead atoms. The van der Waals surface area contributed by atoms with Crippen LogP contribution in [0.5, 0.6) is 0 Å². The van der Waals surface area contributed by atoms with Gasteiger partial charge in [-0.25, -0.2) is 4.98 Å². The number of fused-ring (bicyclic) bond motifs is 1. The number of pyridine rings is 1. The average Bonchev–Trinajstić information content (AvgIpc) is 3.03. The molecule has 1 atom stereocenters. The van der Waals surface area contributed by atoms with Crippen molar-refractivity contribution in [3.63, 3.8) is 0 Å². The van der Waals surface area contributed by atoms with Crippen molar-refractivity contribution in [2.75, 3.05) is 13.1 Å². The van der Waals surface area contributed by atoms with E-state index in [-0.39, 0.29) is 0 Å². The summed E-state index contributed by atoms with van der Waals surface area (Å²) in [7, 11) is 0. The van der Waals surface area contributed by atoms with Gasteiger partial charge in [-0.15, -0.1) is 0 Å². The second-order valence-corrected chi connectivity index (χ2v) is 5.72. The molecule has 1 fully saturated rings. The number of nitrogens with two attached hydrogens (primary N) is 1. The standard InChI is InChI=1S/C15H22N4/c1-11(2)18-5-4-13(10-18)15-17-9-14-7-12(8-16)3-6-19(14)15/h3,6-7,9,11,13H,4-5,8,10,16H2,1-2H3. The molecule has 0 aliphatic carbocycles. The van der Waals surface area contributed by atoms with Crippen LogP contribution in [0.3, 0.4) is 0 Å². The van der Waals surface area contributed by atoms with E-state index in [9.17, 15) is 0 Å². The zero-order valence-corrected chi connectivity index (χ0v) is 11.7. The quantitative estimate of drug-likeness (QED) is 0.916. The van der Waals surface area contributed by atoms with Gasteiger partial charge in [-0.2, -0.15) is 0 Å². The van der Waals surface area contributed by atoms with Crippen LogP contribution in [0.15, 0.2) is 24.5 Å². The first-order chi connectivity index (χ1) is 9.19. The molecule has 3 heterocycles. The van der Waals surface area contributed by atoms with Gasteiger partial charge in [0.1, 0.15) is 5.82 Å². The molecule has 1 saturated heterocycles. The Bertz CT molecular complexity index is 573. The third kappa shape index (κ3) is 2.26. The summed E-state index contributed by atoms with van der Waals surface area (Å²) in [5, 5.41) is 0. The molecule has 4 nitrogen and oxygen atoms in total. The monoisotopic (exact) mass is 258 g/mol. The molecule has 4 heteroatoms. The Morgan fingerprint density at radius 2 is 2.32 bits per heavy atom. The Morgan fingerprint density at radius 1 is 1.47 bits per heavy atom. The van der Waals surface area contributed by atoms with Crippen molar-refractivity contribution in [1.29, 1.82) is 0 Å². The largest absolute Gasteiger partial charge is 0.326 e. The van der Waals surface area contributed by atoms with E-state index in [2.05, 4.69) is 46.5 Å². The summed E-state index contributed by atoms with van der Waals surface area (Å²) in [6.07, 6.45) is 5.28. The minimum atomic E-state index is 0.550. The highest BCUT2D eigenvalue weighted by molar-refractivity contribution is 5.48. The smallest absolute Gasteiger partial charge is 0.117 e. The second kappa shape index (κ2) is 4.94. The Hall–Kier alpha value is -1.39. The molecule has 2 N–H and O–H groups in total. The van der Waals surface area contributed by atoms with Gasteiger partial charge in [0.25, 0.3) is 0 Å². The summed E-state index contributed by atoms with van der Waals surface area (Å²) in [6, 6.07) is 4.85. The van der Waals surface area contributed by atoms with Crippen molar-refractivity contribution in [3.05, 3.63) is 35.9 Å². The number of hydrogen-bond donors (Lipinski definition) is 1. The SMILES string of the molecule is CC(C)N1CCC(c2ncc3cc(CN)ccn23)C1. The number of likely N-dealkylation sites (tertiary alicyclic amines) is 1. The molecular weight excluding hydrogens is 236 g/mol. The minimum absolute atomic E-state index is 0.550. The maximum Gasteiger partial charge on any atom is 0.117 e. The zero-order valence-electron chi connectivity index (χ0n) is 11.7. The van der Waals surface area contributed by atoms with Crippen molar-refractivity contribution in [1.82, 2.24) is 14.3 Å². The molecule has 3 rings (SSSR count). The van der Waals surface area contributed by atoms with Crippen molar-refractivity contribution in [2.24, 2.45) is 5.73 Å². The van der Waals surface area contributed by atoms with Crippen LogP contribution in [0.2, 0.25) is 0 Å². The molecule has 0 saturated carbocycles. The van der Waals surface area contributed by atoms with E-state index in [0.717, 1.165) is 17.6 Å². The molecule has 0 radical (unpaired) electrons. The summed E-state index contributed by atoms with van der Waals surface area (Å²) in [5.41, 5.74) is 8.00. The van der Waals surface area contributed by atoms with Gasteiger partial charge in [-0.3, -0.25) is 0 Å². The molecule has 1 unspecified atom stereocenters. The number of imidazole rings is 1. The van der Waals surface area contributed by atoms with Crippen LogP contribution in [0.4, 0.5) is 0 Å². The summed E-state index contributed by atoms with van der Waals surface area (Å²) < 4.78 is 2.22. The van der Waals surface area contributed by atoms with Gasteiger partial charge in [-0.05, 0) is 44.5 Å². The lowest BCUT2D eigenvalue weighted by molar-refractivity contribution is 0.272.